The Kier molecular flexibility index (Phi) is 5.95. The molecule has 122 valence electrons. The number of aromatic nitrogens is 1. The van der Waals surface area contributed by atoms with Crippen LogP contribution in [-0.4, -0.2) is 29.1 Å². The van der Waals surface area contributed by atoms with E-state index in [1.54, 1.807) is 31.2 Å². The van der Waals surface area contributed by atoms with Crippen molar-refractivity contribution in [3.05, 3.63) is 40.6 Å². The smallest absolute Gasteiger partial charge is 0.259 e. The molecule has 0 aliphatic heterocycles. The number of hydrogen-bond donors (Lipinski definition) is 0. The zero-order chi connectivity index (χ0) is 17.5. The highest BCUT2D eigenvalue weighted by atomic mass is 35.5. The predicted octanol–water partition coefficient (Wildman–Crippen LogP) is 3.57. The molecule has 1 heterocycles. The Morgan fingerprint density at radius 1 is 1.25 bits per heavy atom. The van der Waals surface area contributed by atoms with Crippen molar-refractivity contribution >= 4 is 17.5 Å². The maximum atomic E-state index is 12.9. The zero-order valence-electron chi connectivity index (χ0n) is 13.1. The van der Waals surface area contributed by atoms with Crippen molar-refractivity contribution in [1.29, 1.82) is 10.5 Å². The minimum absolute atomic E-state index is 0.183. The van der Waals surface area contributed by atoms with Crippen molar-refractivity contribution in [2.24, 2.45) is 0 Å². The van der Waals surface area contributed by atoms with Crippen LogP contribution in [0.1, 0.15) is 29.0 Å². The van der Waals surface area contributed by atoms with Crippen LogP contribution in [0.4, 0.5) is 0 Å². The van der Waals surface area contributed by atoms with E-state index in [2.05, 4.69) is 5.16 Å². The molecule has 6 nitrogen and oxygen atoms in total. The number of nitriles is 2. The fraction of sp³-hybridized carbons (Fsp3) is 0.294. The van der Waals surface area contributed by atoms with Crippen molar-refractivity contribution in [3.63, 3.8) is 0 Å². The Labute approximate surface area is 144 Å². The molecular formula is C17H15ClN4O2. The van der Waals surface area contributed by atoms with Gasteiger partial charge < -0.3 is 9.42 Å². The summed E-state index contributed by atoms with van der Waals surface area (Å²) in [6.45, 7) is 2.13. The molecule has 7 heteroatoms. The number of hydrogen-bond acceptors (Lipinski definition) is 5. The van der Waals surface area contributed by atoms with E-state index in [4.69, 9.17) is 26.6 Å². The average Bonchev–Trinajstić information content (AvgIpc) is 2.96. The van der Waals surface area contributed by atoms with E-state index in [9.17, 15) is 4.79 Å². The van der Waals surface area contributed by atoms with Crippen molar-refractivity contribution in [1.82, 2.24) is 10.1 Å². The number of amides is 1. The molecule has 24 heavy (non-hydrogen) atoms. The maximum absolute atomic E-state index is 12.9. The fourth-order valence-electron chi connectivity index (χ4n) is 2.30. The monoisotopic (exact) mass is 342 g/mol. The number of aryl methyl sites for hydroxylation is 1. The van der Waals surface area contributed by atoms with Gasteiger partial charge in [0, 0.05) is 18.7 Å². The minimum atomic E-state index is -0.325. The predicted molar refractivity (Wildman–Crippen MR) is 88.0 cm³/mol. The molecule has 0 atom stereocenters. The number of nitrogens with zero attached hydrogens (tertiary/aromatic N) is 4. The molecule has 0 unspecified atom stereocenters. The van der Waals surface area contributed by atoms with Gasteiger partial charge in [0.2, 0.25) is 0 Å². The molecule has 0 bridgehead atoms. The molecule has 2 aromatic rings. The molecule has 1 aromatic carbocycles. The van der Waals surface area contributed by atoms with E-state index in [1.807, 2.05) is 12.1 Å². The lowest BCUT2D eigenvalue weighted by molar-refractivity contribution is 0.0761. The molecule has 0 saturated carbocycles. The quantitative estimate of drug-likeness (QED) is 0.799. The van der Waals surface area contributed by atoms with Crippen LogP contribution in [0.25, 0.3) is 11.3 Å². The molecule has 0 N–H and O–H groups in total. The second-order valence-corrected chi connectivity index (χ2v) is 5.46. The molecule has 0 saturated heterocycles. The third kappa shape index (κ3) is 3.73. The summed E-state index contributed by atoms with van der Waals surface area (Å²) >= 11 is 6.20. The molecule has 0 spiro atoms. The largest absolute Gasteiger partial charge is 0.360 e. The summed E-state index contributed by atoms with van der Waals surface area (Å²) in [5.41, 5.74) is 1.26. The average molecular weight is 343 g/mol. The Hall–Kier alpha value is -2.83. The van der Waals surface area contributed by atoms with E-state index in [-0.39, 0.29) is 31.8 Å². The Morgan fingerprint density at radius 2 is 1.88 bits per heavy atom. The summed E-state index contributed by atoms with van der Waals surface area (Å²) in [6, 6.07) is 11.1. The lowest BCUT2D eigenvalue weighted by atomic mass is 10.0. The molecule has 0 radical (unpaired) electrons. The third-order valence-electron chi connectivity index (χ3n) is 3.48. The molecule has 1 aromatic heterocycles. The standard InChI is InChI=1S/C17H15ClN4O2/c1-12-15(17(23)22(10-4-8-19)11-5-9-20)16(21-24-12)13-6-2-3-7-14(13)18/h2-3,6-7H,4-5,10-11H2,1H3. The van der Waals surface area contributed by atoms with Crippen LogP contribution in [0.2, 0.25) is 5.02 Å². The van der Waals surface area contributed by atoms with Gasteiger partial charge in [-0.05, 0) is 13.0 Å². The van der Waals surface area contributed by atoms with Gasteiger partial charge in [0.1, 0.15) is 17.0 Å². The number of benzene rings is 1. The molecule has 0 aliphatic carbocycles. The van der Waals surface area contributed by atoms with Crippen LogP contribution in [-0.2, 0) is 0 Å². The van der Waals surface area contributed by atoms with Crippen molar-refractivity contribution in [2.45, 2.75) is 19.8 Å². The van der Waals surface area contributed by atoms with Gasteiger partial charge in [-0.2, -0.15) is 10.5 Å². The van der Waals surface area contributed by atoms with Crippen LogP contribution in [0.3, 0.4) is 0 Å². The molecule has 1 amide bonds. The number of halogens is 1. The summed E-state index contributed by atoms with van der Waals surface area (Å²) < 4.78 is 5.20. The van der Waals surface area contributed by atoms with Gasteiger partial charge in [0.15, 0.2) is 0 Å². The van der Waals surface area contributed by atoms with E-state index < -0.39 is 0 Å². The summed E-state index contributed by atoms with van der Waals surface area (Å²) in [7, 11) is 0. The SMILES string of the molecule is Cc1onc(-c2ccccc2Cl)c1C(=O)N(CCC#N)CCC#N. The van der Waals surface area contributed by atoms with Gasteiger partial charge in [-0.1, -0.05) is 35.0 Å². The van der Waals surface area contributed by atoms with Crippen LogP contribution < -0.4 is 0 Å². The third-order valence-corrected chi connectivity index (χ3v) is 3.81. The Morgan fingerprint density at radius 3 is 2.46 bits per heavy atom. The normalized spacial score (nSPS) is 10.0. The van der Waals surface area contributed by atoms with Gasteiger partial charge in [0.05, 0.1) is 30.0 Å². The van der Waals surface area contributed by atoms with Gasteiger partial charge in [-0.3, -0.25) is 4.79 Å². The first-order chi connectivity index (χ1) is 11.6. The van der Waals surface area contributed by atoms with Crippen molar-refractivity contribution < 1.29 is 9.32 Å². The van der Waals surface area contributed by atoms with E-state index >= 15 is 0 Å². The highest BCUT2D eigenvalue weighted by Crippen LogP contribution is 2.31. The first-order valence-electron chi connectivity index (χ1n) is 7.34. The lowest BCUT2D eigenvalue weighted by Crippen LogP contribution is -2.33. The van der Waals surface area contributed by atoms with Crippen molar-refractivity contribution in [2.75, 3.05) is 13.1 Å². The van der Waals surface area contributed by atoms with Crippen LogP contribution in [0.15, 0.2) is 28.8 Å². The number of rotatable bonds is 6. The second-order valence-electron chi connectivity index (χ2n) is 5.05. The topological polar surface area (TPSA) is 93.9 Å². The van der Waals surface area contributed by atoms with Gasteiger partial charge >= 0.3 is 0 Å². The first kappa shape index (κ1) is 17.5. The van der Waals surface area contributed by atoms with Gasteiger partial charge in [-0.25, -0.2) is 0 Å². The van der Waals surface area contributed by atoms with Crippen LogP contribution >= 0.6 is 11.6 Å². The minimum Gasteiger partial charge on any atom is -0.360 e. The van der Waals surface area contributed by atoms with Gasteiger partial charge in [0.25, 0.3) is 5.91 Å². The van der Waals surface area contributed by atoms with Gasteiger partial charge in [-0.15, -0.1) is 0 Å². The summed E-state index contributed by atoms with van der Waals surface area (Å²) in [5.74, 6) is 0.0444. The first-order valence-corrected chi connectivity index (χ1v) is 7.72. The molecule has 2 rings (SSSR count). The zero-order valence-corrected chi connectivity index (χ0v) is 13.9. The van der Waals surface area contributed by atoms with E-state index in [1.165, 1.54) is 4.90 Å². The van der Waals surface area contributed by atoms with E-state index in [0.29, 0.717) is 27.6 Å². The Bertz CT molecular complexity index is 799. The number of carbonyl (C=O) groups excluding carboxylic acids is 1. The van der Waals surface area contributed by atoms with E-state index in [0.717, 1.165) is 0 Å². The molecule has 0 fully saturated rings. The number of carbonyl (C=O) groups is 1. The summed E-state index contributed by atoms with van der Waals surface area (Å²) in [4.78, 5) is 14.4. The fourth-order valence-corrected chi connectivity index (χ4v) is 2.53. The van der Waals surface area contributed by atoms with Crippen molar-refractivity contribution in [3.8, 4) is 23.4 Å². The summed E-state index contributed by atoms with van der Waals surface area (Å²) in [6.07, 6.45) is 0.367. The highest BCUT2D eigenvalue weighted by Gasteiger charge is 2.26. The highest BCUT2D eigenvalue weighted by molar-refractivity contribution is 6.33. The van der Waals surface area contributed by atoms with Crippen LogP contribution in [0, 0.1) is 29.6 Å². The molecule has 0 aliphatic rings. The molecular weight excluding hydrogens is 328 g/mol. The second kappa shape index (κ2) is 8.14. The lowest BCUT2D eigenvalue weighted by Gasteiger charge is -2.20. The maximum Gasteiger partial charge on any atom is 0.259 e. The van der Waals surface area contributed by atoms with Crippen LogP contribution in [0.5, 0.6) is 0 Å². The summed E-state index contributed by atoms with van der Waals surface area (Å²) in [5, 5.41) is 22.0. The Balaban J connectivity index is 2.42.